The highest BCUT2D eigenvalue weighted by Gasteiger charge is 2.18. The molecule has 0 unspecified atom stereocenters. The third-order valence-electron chi connectivity index (χ3n) is 9.81. The molecule has 6 heteroatoms. The Kier molecular flexibility index (Phi) is 5.57. The van der Waals surface area contributed by atoms with Crippen molar-refractivity contribution in [3.8, 4) is 39.7 Å². The number of nitrogens with one attached hydrogen (secondary N) is 1. The van der Waals surface area contributed by atoms with Crippen molar-refractivity contribution in [2.24, 2.45) is 0 Å². The second-order valence-electron chi connectivity index (χ2n) is 12.7. The summed E-state index contributed by atoms with van der Waals surface area (Å²) in [4.78, 5) is 13.2. The molecule has 0 atom stereocenters. The van der Waals surface area contributed by atoms with E-state index in [9.17, 15) is 0 Å². The van der Waals surface area contributed by atoms with E-state index < -0.39 is 0 Å². The molecular formula is C44H26N4O2. The third-order valence-corrected chi connectivity index (χ3v) is 9.81. The highest BCUT2D eigenvalue weighted by Crippen LogP contribution is 2.39. The number of nitrogens with zero attached hydrogens (tertiary/aromatic N) is 3. The summed E-state index contributed by atoms with van der Waals surface area (Å²) in [7, 11) is 0. The van der Waals surface area contributed by atoms with E-state index in [0.29, 0.717) is 11.8 Å². The SMILES string of the molecule is c1ccc2oc(-c3ccc4c(c3)c3cc(-c5nc6ccccc6o5)ccc3n4-c3ccc(-c4cccc5[nH]c6ccccc6c45)cc3)nc2c1. The molecular weight excluding hydrogens is 617 g/mol. The molecule has 11 rings (SSSR count). The minimum absolute atomic E-state index is 0.597. The highest BCUT2D eigenvalue weighted by molar-refractivity contribution is 6.14. The lowest BCUT2D eigenvalue weighted by Crippen LogP contribution is -1.94. The van der Waals surface area contributed by atoms with Crippen LogP contribution in [0.15, 0.2) is 160 Å². The largest absolute Gasteiger partial charge is 0.436 e. The molecule has 234 valence electrons. The van der Waals surface area contributed by atoms with Crippen molar-refractivity contribution < 1.29 is 8.83 Å². The number of hydrogen-bond acceptors (Lipinski definition) is 4. The lowest BCUT2D eigenvalue weighted by molar-refractivity contribution is 0.619. The highest BCUT2D eigenvalue weighted by atomic mass is 16.4. The lowest BCUT2D eigenvalue weighted by Gasteiger charge is -2.10. The summed E-state index contributed by atoms with van der Waals surface area (Å²) in [5.74, 6) is 1.19. The molecule has 0 bridgehead atoms. The monoisotopic (exact) mass is 642 g/mol. The topological polar surface area (TPSA) is 72.8 Å². The fourth-order valence-electron chi connectivity index (χ4n) is 7.49. The van der Waals surface area contributed by atoms with Gasteiger partial charge in [-0.2, -0.15) is 0 Å². The van der Waals surface area contributed by atoms with E-state index in [0.717, 1.165) is 71.9 Å². The van der Waals surface area contributed by atoms with Gasteiger partial charge in [0, 0.05) is 49.4 Å². The average molecular weight is 643 g/mol. The Balaban J connectivity index is 1.10. The number of H-pyrrole nitrogens is 1. The number of aromatic amines is 1. The number of benzene rings is 7. The first-order chi connectivity index (χ1) is 24.7. The molecule has 0 aliphatic carbocycles. The molecule has 6 nitrogen and oxygen atoms in total. The van der Waals surface area contributed by atoms with Crippen LogP contribution in [0.2, 0.25) is 0 Å². The molecule has 0 radical (unpaired) electrons. The summed E-state index contributed by atoms with van der Waals surface area (Å²) >= 11 is 0. The van der Waals surface area contributed by atoms with Crippen LogP contribution in [0.4, 0.5) is 0 Å². The van der Waals surface area contributed by atoms with Gasteiger partial charge in [-0.05, 0) is 96.1 Å². The number of hydrogen-bond donors (Lipinski definition) is 1. The van der Waals surface area contributed by atoms with E-state index in [1.54, 1.807) is 0 Å². The van der Waals surface area contributed by atoms with E-state index >= 15 is 0 Å². The normalized spacial score (nSPS) is 12.0. The van der Waals surface area contributed by atoms with E-state index in [4.69, 9.17) is 18.8 Å². The summed E-state index contributed by atoms with van der Waals surface area (Å²) in [5, 5.41) is 4.65. The Morgan fingerprint density at radius 3 is 1.66 bits per heavy atom. The molecule has 11 aromatic rings. The Morgan fingerprint density at radius 1 is 0.460 bits per heavy atom. The van der Waals surface area contributed by atoms with E-state index in [1.807, 2.05) is 48.5 Å². The van der Waals surface area contributed by atoms with Crippen molar-refractivity contribution in [3.05, 3.63) is 152 Å². The number of oxazole rings is 2. The molecule has 0 spiro atoms. The van der Waals surface area contributed by atoms with Gasteiger partial charge >= 0.3 is 0 Å². The number of fused-ring (bicyclic) bond motifs is 8. The number of aromatic nitrogens is 4. The fraction of sp³-hybridized carbons (Fsp3) is 0. The first-order valence-corrected chi connectivity index (χ1v) is 16.7. The van der Waals surface area contributed by atoms with E-state index in [1.165, 1.54) is 21.9 Å². The van der Waals surface area contributed by atoms with Gasteiger partial charge < -0.3 is 18.4 Å². The standard InChI is InChI=1S/C44H26N4O2/c1-2-10-34-31(8-1)42-30(9-7-13-37(42)45-34)26-16-20-29(21-17-26)48-38-22-18-27(43-46-35-11-3-5-14-40(35)49-43)24-32(38)33-25-28(19-23-39(33)48)44-47-36-12-4-6-15-41(36)50-44/h1-25,45H. The van der Waals surface area contributed by atoms with Crippen molar-refractivity contribution >= 4 is 65.8 Å². The van der Waals surface area contributed by atoms with E-state index in [-0.39, 0.29) is 0 Å². The predicted molar refractivity (Wildman–Crippen MR) is 202 cm³/mol. The Hall–Kier alpha value is -6.92. The first-order valence-electron chi connectivity index (χ1n) is 16.7. The van der Waals surface area contributed by atoms with Crippen LogP contribution in [-0.4, -0.2) is 19.5 Å². The van der Waals surface area contributed by atoms with Gasteiger partial charge in [0.25, 0.3) is 0 Å². The van der Waals surface area contributed by atoms with Crippen LogP contribution < -0.4 is 0 Å². The minimum atomic E-state index is 0.597. The Labute approximate surface area is 284 Å². The van der Waals surface area contributed by atoms with Crippen molar-refractivity contribution in [1.29, 1.82) is 0 Å². The van der Waals surface area contributed by atoms with E-state index in [2.05, 4.69) is 113 Å². The first kappa shape index (κ1) is 27.1. The molecule has 0 aliphatic rings. The van der Waals surface area contributed by atoms with Gasteiger partial charge in [0.2, 0.25) is 11.8 Å². The second-order valence-corrected chi connectivity index (χ2v) is 12.7. The maximum absolute atomic E-state index is 6.19. The molecule has 4 heterocycles. The maximum atomic E-state index is 6.19. The number of rotatable bonds is 4. The molecule has 0 amide bonds. The van der Waals surface area contributed by atoms with Crippen molar-refractivity contribution in [1.82, 2.24) is 19.5 Å². The van der Waals surface area contributed by atoms with Gasteiger partial charge in [-0.3, -0.25) is 0 Å². The second kappa shape index (κ2) is 10.3. The van der Waals surface area contributed by atoms with Crippen molar-refractivity contribution in [2.75, 3.05) is 0 Å². The maximum Gasteiger partial charge on any atom is 0.227 e. The van der Waals surface area contributed by atoms with Crippen molar-refractivity contribution in [2.45, 2.75) is 0 Å². The van der Waals surface area contributed by atoms with Crippen LogP contribution in [-0.2, 0) is 0 Å². The van der Waals surface area contributed by atoms with Gasteiger partial charge in [-0.15, -0.1) is 0 Å². The Bertz CT molecular complexity index is 2910. The van der Waals surface area contributed by atoms with Gasteiger partial charge in [-0.1, -0.05) is 66.7 Å². The van der Waals surface area contributed by atoms with Gasteiger partial charge in [0.1, 0.15) is 11.0 Å². The van der Waals surface area contributed by atoms with Crippen LogP contribution in [0, 0.1) is 0 Å². The van der Waals surface area contributed by atoms with Crippen LogP contribution in [0.25, 0.3) is 106 Å². The minimum Gasteiger partial charge on any atom is -0.436 e. The summed E-state index contributed by atoms with van der Waals surface area (Å²) in [5.41, 5.74) is 13.0. The molecule has 7 aromatic carbocycles. The van der Waals surface area contributed by atoms with Gasteiger partial charge in [0.15, 0.2) is 11.2 Å². The molecule has 0 saturated heterocycles. The molecule has 0 fully saturated rings. The molecule has 50 heavy (non-hydrogen) atoms. The number of para-hydroxylation sites is 5. The van der Waals surface area contributed by atoms with Gasteiger partial charge in [0.05, 0.1) is 11.0 Å². The van der Waals surface area contributed by atoms with Crippen LogP contribution >= 0.6 is 0 Å². The summed E-state index contributed by atoms with van der Waals surface area (Å²) < 4.78 is 14.7. The third kappa shape index (κ3) is 4.02. The fourth-order valence-corrected chi connectivity index (χ4v) is 7.49. The lowest BCUT2D eigenvalue weighted by atomic mass is 9.99. The molecule has 0 aliphatic heterocycles. The van der Waals surface area contributed by atoms with Crippen LogP contribution in [0.5, 0.6) is 0 Å². The smallest absolute Gasteiger partial charge is 0.227 e. The van der Waals surface area contributed by atoms with Gasteiger partial charge in [-0.25, -0.2) is 9.97 Å². The molecule has 0 saturated carbocycles. The summed E-state index contributed by atoms with van der Waals surface area (Å²) in [6.45, 7) is 0. The quantitative estimate of drug-likeness (QED) is 0.207. The zero-order valence-electron chi connectivity index (χ0n) is 26.6. The van der Waals surface area contributed by atoms with Crippen LogP contribution in [0.1, 0.15) is 0 Å². The Morgan fingerprint density at radius 2 is 1.02 bits per heavy atom. The molecule has 4 aromatic heterocycles. The van der Waals surface area contributed by atoms with Crippen LogP contribution in [0.3, 0.4) is 0 Å². The summed E-state index contributed by atoms with van der Waals surface area (Å²) in [6, 6.07) is 52.5. The predicted octanol–water partition coefficient (Wildman–Crippen LogP) is 11.7. The summed E-state index contributed by atoms with van der Waals surface area (Å²) in [6.07, 6.45) is 0. The average Bonchev–Trinajstić information content (AvgIpc) is 3.96. The zero-order chi connectivity index (χ0) is 32.8. The zero-order valence-corrected chi connectivity index (χ0v) is 26.6. The van der Waals surface area contributed by atoms with Crippen molar-refractivity contribution in [3.63, 3.8) is 0 Å². The molecule has 1 N–H and O–H groups in total.